The highest BCUT2D eigenvalue weighted by molar-refractivity contribution is 5.87. The van der Waals surface area contributed by atoms with E-state index in [1.54, 1.807) is 0 Å². The number of aromatic amines is 1. The normalized spacial score (nSPS) is 16.1. The molecule has 0 aliphatic heterocycles. The summed E-state index contributed by atoms with van der Waals surface area (Å²) in [5, 5.41) is 5.71. The Morgan fingerprint density at radius 3 is 2.48 bits per heavy atom. The van der Waals surface area contributed by atoms with E-state index in [2.05, 4.69) is 10.5 Å². The largest absolute Gasteiger partial charge is 0.361 e. The molecule has 1 amide bonds. The monoisotopic (exact) mass is 314 g/mol. The van der Waals surface area contributed by atoms with Crippen molar-refractivity contribution in [2.45, 2.75) is 45.1 Å². The van der Waals surface area contributed by atoms with Crippen LogP contribution in [-0.4, -0.2) is 16.6 Å². The van der Waals surface area contributed by atoms with Gasteiger partial charge < -0.3 is 9.84 Å². The lowest BCUT2D eigenvalue weighted by atomic mass is 9.90. The minimum absolute atomic E-state index is 0.107. The second-order valence-corrected chi connectivity index (χ2v) is 7.20. The molecule has 2 aromatic rings. The molecule has 3 rings (SSSR count). The van der Waals surface area contributed by atoms with Crippen molar-refractivity contribution in [2.75, 3.05) is 0 Å². The van der Waals surface area contributed by atoms with E-state index in [1.165, 1.54) is 0 Å². The van der Waals surface area contributed by atoms with Crippen molar-refractivity contribution in [3.63, 3.8) is 0 Å². The minimum Gasteiger partial charge on any atom is -0.351 e. The molecule has 1 aromatic heterocycles. The maximum atomic E-state index is 12.8. The molecule has 1 atom stereocenters. The molecule has 1 unspecified atom stereocenters. The number of aromatic nitrogens is 1. The first-order valence-electron chi connectivity index (χ1n) is 7.95. The van der Waals surface area contributed by atoms with Crippen molar-refractivity contribution < 1.29 is 9.32 Å². The molecule has 2 N–H and O–H groups in total. The third-order valence-electron chi connectivity index (χ3n) is 3.98. The minimum atomic E-state index is -0.466. The zero-order valence-electron chi connectivity index (χ0n) is 13.7. The molecule has 1 aliphatic rings. The first-order valence-corrected chi connectivity index (χ1v) is 7.95. The number of amides is 1. The predicted octanol–water partition coefficient (Wildman–Crippen LogP) is 3.04. The lowest BCUT2D eigenvalue weighted by molar-refractivity contribution is -0.124. The highest BCUT2D eigenvalue weighted by Crippen LogP contribution is 2.44. The highest BCUT2D eigenvalue weighted by atomic mass is 16.5. The van der Waals surface area contributed by atoms with E-state index in [-0.39, 0.29) is 17.4 Å². The van der Waals surface area contributed by atoms with E-state index in [0.717, 1.165) is 18.4 Å². The van der Waals surface area contributed by atoms with E-state index >= 15 is 0 Å². The zero-order valence-corrected chi connectivity index (χ0v) is 13.7. The summed E-state index contributed by atoms with van der Waals surface area (Å²) < 4.78 is 5.03. The summed E-state index contributed by atoms with van der Waals surface area (Å²) in [7, 11) is 0. The number of rotatable bonds is 4. The van der Waals surface area contributed by atoms with Gasteiger partial charge in [-0.3, -0.25) is 4.79 Å². The summed E-state index contributed by atoms with van der Waals surface area (Å²) in [6.45, 7) is 5.81. The van der Waals surface area contributed by atoms with Gasteiger partial charge in [-0.2, -0.15) is 0 Å². The Bertz CT molecular complexity index is 749. The number of benzene rings is 1. The van der Waals surface area contributed by atoms with Crippen molar-refractivity contribution in [3.8, 4) is 11.3 Å². The average Bonchev–Trinajstić information content (AvgIpc) is 3.23. The number of H-pyrrole nitrogens is 1. The Labute approximate surface area is 135 Å². The summed E-state index contributed by atoms with van der Waals surface area (Å²) in [6, 6.07) is 9.50. The molecular formula is C18H22N2O3. The van der Waals surface area contributed by atoms with E-state index < -0.39 is 11.5 Å². The van der Waals surface area contributed by atoms with Crippen LogP contribution in [-0.2, 0) is 4.79 Å². The SMILES string of the molecule is CC(C)(C)NC(=O)C(c1c(-c2ccccc2)[nH]oc1=O)C1CC1. The Morgan fingerprint density at radius 2 is 1.91 bits per heavy atom. The second-order valence-electron chi connectivity index (χ2n) is 7.20. The molecule has 1 heterocycles. The third kappa shape index (κ3) is 3.38. The van der Waals surface area contributed by atoms with Crippen LogP contribution >= 0.6 is 0 Å². The standard InChI is InChI=1S/C18H22N2O3/c1-18(2,3)19-16(21)13(11-9-10-11)14-15(20-23-17(14)22)12-7-5-4-6-8-12/h4-8,11,13,20H,9-10H2,1-3H3,(H,19,21). The summed E-state index contributed by atoms with van der Waals surface area (Å²) in [4.78, 5) is 25.0. The average molecular weight is 314 g/mol. The van der Waals surface area contributed by atoms with Crippen molar-refractivity contribution in [1.82, 2.24) is 10.5 Å². The molecular weight excluding hydrogens is 292 g/mol. The van der Waals surface area contributed by atoms with Crippen LogP contribution in [0, 0.1) is 5.92 Å². The maximum absolute atomic E-state index is 12.8. The van der Waals surface area contributed by atoms with Crippen LogP contribution in [0.25, 0.3) is 11.3 Å². The van der Waals surface area contributed by atoms with Crippen LogP contribution < -0.4 is 10.9 Å². The van der Waals surface area contributed by atoms with Crippen LogP contribution in [0.1, 0.15) is 45.1 Å². The van der Waals surface area contributed by atoms with Crippen LogP contribution in [0.15, 0.2) is 39.6 Å². The van der Waals surface area contributed by atoms with Crippen LogP contribution in [0.3, 0.4) is 0 Å². The van der Waals surface area contributed by atoms with Crippen molar-refractivity contribution in [3.05, 3.63) is 46.3 Å². The van der Waals surface area contributed by atoms with Crippen molar-refractivity contribution >= 4 is 5.91 Å². The van der Waals surface area contributed by atoms with Gasteiger partial charge in [-0.25, -0.2) is 9.95 Å². The molecule has 5 heteroatoms. The highest BCUT2D eigenvalue weighted by Gasteiger charge is 2.42. The Morgan fingerprint density at radius 1 is 1.26 bits per heavy atom. The summed E-state index contributed by atoms with van der Waals surface area (Å²) in [6.07, 6.45) is 1.92. The van der Waals surface area contributed by atoms with Crippen LogP contribution in [0.4, 0.5) is 0 Å². The van der Waals surface area contributed by atoms with Gasteiger partial charge in [0.25, 0.3) is 0 Å². The van der Waals surface area contributed by atoms with Gasteiger partial charge in [-0.1, -0.05) is 30.3 Å². The first-order chi connectivity index (χ1) is 10.9. The van der Waals surface area contributed by atoms with Crippen LogP contribution in [0.2, 0.25) is 0 Å². The van der Waals surface area contributed by atoms with Crippen molar-refractivity contribution in [1.29, 1.82) is 0 Å². The molecule has 0 radical (unpaired) electrons. The molecule has 0 spiro atoms. The van der Waals surface area contributed by atoms with Gasteiger partial charge >= 0.3 is 5.63 Å². The van der Waals surface area contributed by atoms with Gasteiger partial charge in [0.15, 0.2) is 0 Å². The fourth-order valence-corrected chi connectivity index (χ4v) is 2.87. The summed E-state index contributed by atoms with van der Waals surface area (Å²) in [5.74, 6) is -0.366. The van der Waals surface area contributed by atoms with Gasteiger partial charge in [0.05, 0.1) is 17.2 Å². The molecule has 5 nitrogen and oxygen atoms in total. The fourth-order valence-electron chi connectivity index (χ4n) is 2.87. The molecule has 1 aliphatic carbocycles. The van der Waals surface area contributed by atoms with Crippen molar-refractivity contribution in [2.24, 2.45) is 5.92 Å². The second kappa shape index (κ2) is 5.72. The lowest BCUT2D eigenvalue weighted by Crippen LogP contribution is -2.44. The fraction of sp³-hybridized carbons (Fsp3) is 0.444. The van der Waals surface area contributed by atoms with E-state index in [9.17, 15) is 9.59 Å². The van der Waals surface area contributed by atoms with E-state index in [1.807, 2.05) is 51.1 Å². The quantitative estimate of drug-likeness (QED) is 0.911. The first kappa shape index (κ1) is 15.6. The van der Waals surface area contributed by atoms with Gasteiger partial charge in [0.2, 0.25) is 5.91 Å². The Hall–Kier alpha value is -2.30. The predicted molar refractivity (Wildman–Crippen MR) is 88.1 cm³/mol. The van der Waals surface area contributed by atoms with Crippen LogP contribution in [0.5, 0.6) is 0 Å². The number of carbonyl (C=O) groups excluding carboxylic acids is 1. The number of hydrogen-bond donors (Lipinski definition) is 2. The molecule has 0 bridgehead atoms. The van der Waals surface area contributed by atoms with Gasteiger partial charge in [0, 0.05) is 11.1 Å². The smallest absolute Gasteiger partial charge is 0.351 e. The third-order valence-corrected chi connectivity index (χ3v) is 3.98. The summed E-state index contributed by atoms with van der Waals surface area (Å²) in [5.41, 5.74) is 1.11. The van der Waals surface area contributed by atoms with Gasteiger partial charge in [-0.05, 0) is 39.5 Å². The molecule has 1 aromatic carbocycles. The number of hydrogen-bond acceptors (Lipinski definition) is 3. The molecule has 1 fully saturated rings. The van der Waals surface area contributed by atoms with E-state index in [0.29, 0.717) is 11.3 Å². The molecule has 1 saturated carbocycles. The topological polar surface area (TPSA) is 75.1 Å². The molecule has 122 valence electrons. The maximum Gasteiger partial charge on any atom is 0.361 e. The zero-order chi connectivity index (χ0) is 16.6. The molecule has 23 heavy (non-hydrogen) atoms. The Balaban J connectivity index is 2.03. The number of nitrogens with one attached hydrogen (secondary N) is 2. The Kier molecular flexibility index (Phi) is 3.88. The molecule has 0 saturated heterocycles. The van der Waals surface area contributed by atoms with Gasteiger partial charge in [0.1, 0.15) is 0 Å². The summed E-state index contributed by atoms with van der Waals surface area (Å²) >= 11 is 0. The lowest BCUT2D eigenvalue weighted by Gasteiger charge is -2.24. The van der Waals surface area contributed by atoms with E-state index in [4.69, 9.17) is 4.52 Å². The van der Waals surface area contributed by atoms with Gasteiger partial charge in [-0.15, -0.1) is 0 Å². The number of carbonyl (C=O) groups is 1.